The van der Waals surface area contributed by atoms with Crippen molar-refractivity contribution in [3.8, 4) is 0 Å². The predicted molar refractivity (Wildman–Crippen MR) is 49.9 cm³/mol. The molecule has 86 valence electrons. The van der Waals surface area contributed by atoms with Gasteiger partial charge in [-0.15, -0.1) is 5.10 Å². The standard InChI is InChI=1S/C8H11N5O3/c14-7(10-6-1-2-6)4-16-8(15)3-13-5-9-11-12-13/h5-6H,1-4H2,(H,10,14). The number of tetrazole rings is 1. The second kappa shape index (κ2) is 4.69. The van der Waals surface area contributed by atoms with Gasteiger partial charge in [0.25, 0.3) is 5.91 Å². The Morgan fingerprint density at radius 3 is 2.94 bits per heavy atom. The van der Waals surface area contributed by atoms with Crippen LogP contribution in [0.3, 0.4) is 0 Å². The van der Waals surface area contributed by atoms with Gasteiger partial charge in [0.2, 0.25) is 0 Å². The van der Waals surface area contributed by atoms with Gasteiger partial charge in [-0.1, -0.05) is 0 Å². The number of carbonyl (C=O) groups excluding carboxylic acids is 2. The highest BCUT2D eigenvalue weighted by Gasteiger charge is 2.23. The van der Waals surface area contributed by atoms with Crippen molar-refractivity contribution in [1.82, 2.24) is 25.5 Å². The maximum atomic E-state index is 11.2. The van der Waals surface area contributed by atoms with Gasteiger partial charge in [-0.25, -0.2) is 4.68 Å². The molecule has 0 unspecified atom stereocenters. The van der Waals surface area contributed by atoms with Gasteiger partial charge < -0.3 is 10.1 Å². The van der Waals surface area contributed by atoms with Gasteiger partial charge in [-0.05, 0) is 23.3 Å². The number of amides is 1. The fourth-order valence-corrected chi connectivity index (χ4v) is 1.07. The zero-order valence-electron chi connectivity index (χ0n) is 8.50. The van der Waals surface area contributed by atoms with Gasteiger partial charge >= 0.3 is 5.97 Å². The molecule has 2 rings (SSSR count). The van der Waals surface area contributed by atoms with Crippen LogP contribution in [0, 0.1) is 0 Å². The lowest BCUT2D eigenvalue weighted by atomic mass is 10.5. The average Bonchev–Trinajstić information content (AvgIpc) is 2.91. The van der Waals surface area contributed by atoms with Crippen LogP contribution in [0.15, 0.2) is 6.33 Å². The third kappa shape index (κ3) is 3.30. The first-order chi connectivity index (χ1) is 7.74. The molecule has 0 aromatic carbocycles. The van der Waals surface area contributed by atoms with Crippen LogP contribution in [0.1, 0.15) is 12.8 Å². The van der Waals surface area contributed by atoms with Crippen molar-refractivity contribution in [3.63, 3.8) is 0 Å². The molecular weight excluding hydrogens is 214 g/mol. The van der Waals surface area contributed by atoms with Crippen molar-refractivity contribution in [1.29, 1.82) is 0 Å². The quantitative estimate of drug-likeness (QED) is 0.612. The van der Waals surface area contributed by atoms with Gasteiger partial charge in [0.15, 0.2) is 6.61 Å². The van der Waals surface area contributed by atoms with Crippen LogP contribution in [-0.2, 0) is 20.9 Å². The Morgan fingerprint density at radius 1 is 1.50 bits per heavy atom. The molecule has 1 saturated carbocycles. The highest BCUT2D eigenvalue weighted by molar-refractivity contribution is 5.80. The minimum Gasteiger partial charge on any atom is -0.454 e. The molecular formula is C8H11N5O3. The second-order valence-corrected chi connectivity index (χ2v) is 3.51. The van der Waals surface area contributed by atoms with Crippen molar-refractivity contribution in [2.45, 2.75) is 25.4 Å². The second-order valence-electron chi connectivity index (χ2n) is 3.51. The van der Waals surface area contributed by atoms with E-state index in [4.69, 9.17) is 4.74 Å². The molecule has 8 nitrogen and oxygen atoms in total. The Balaban J connectivity index is 1.65. The van der Waals surface area contributed by atoms with Crippen LogP contribution < -0.4 is 5.32 Å². The number of hydrogen-bond donors (Lipinski definition) is 1. The number of rotatable bonds is 5. The van der Waals surface area contributed by atoms with E-state index in [9.17, 15) is 9.59 Å². The van der Waals surface area contributed by atoms with Crippen LogP contribution in [0.25, 0.3) is 0 Å². The molecule has 1 aliphatic carbocycles. The van der Waals surface area contributed by atoms with Gasteiger partial charge in [0.1, 0.15) is 12.9 Å². The highest BCUT2D eigenvalue weighted by Crippen LogP contribution is 2.18. The van der Waals surface area contributed by atoms with Crippen molar-refractivity contribution in [2.75, 3.05) is 6.61 Å². The summed E-state index contributed by atoms with van der Waals surface area (Å²) in [6.45, 7) is -0.346. The topological polar surface area (TPSA) is 99.0 Å². The summed E-state index contributed by atoms with van der Waals surface area (Å²) < 4.78 is 5.96. The van der Waals surface area contributed by atoms with Gasteiger partial charge in [-0.3, -0.25) is 9.59 Å². The average molecular weight is 225 g/mol. The molecule has 0 bridgehead atoms. The van der Waals surface area contributed by atoms with E-state index >= 15 is 0 Å². The summed E-state index contributed by atoms with van der Waals surface area (Å²) >= 11 is 0. The summed E-state index contributed by atoms with van der Waals surface area (Å²) in [4.78, 5) is 22.4. The lowest BCUT2D eigenvalue weighted by Gasteiger charge is -2.04. The Kier molecular flexibility index (Phi) is 3.08. The maximum Gasteiger partial charge on any atom is 0.328 e. The minimum absolute atomic E-state index is 0.0935. The first kappa shape index (κ1) is 10.5. The summed E-state index contributed by atoms with van der Waals surface area (Å²) in [5.74, 6) is -0.814. The van der Waals surface area contributed by atoms with Crippen LogP contribution in [-0.4, -0.2) is 44.7 Å². The van der Waals surface area contributed by atoms with E-state index in [1.165, 1.54) is 11.0 Å². The monoisotopic (exact) mass is 225 g/mol. The third-order valence-electron chi connectivity index (χ3n) is 1.99. The van der Waals surface area contributed by atoms with Crippen molar-refractivity contribution in [2.24, 2.45) is 0 Å². The molecule has 8 heteroatoms. The molecule has 0 spiro atoms. The third-order valence-corrected chi connectivity index (χ3v) is 1.99. The van der Waals surface area contributed by atoms with Gasteiger partial charge in [0.05, 0.1) is 0 Å². The first-order valence-corrected chi connectivity index (χ1v) is 4.90. The molecule has 16 heavy (non-hydrogen) atoms. The Morgan fingerprint density at radius 2 is 2.31 bits per heavy atom. The smallest absolute Gasteiger partial charge is 0.328 e. The Bertz CT molecular complexity index is 373. The number of nitrogens with zero attached hydrogens (tertiary/aromatic N) is 4. The summed E-state index contributed by atoms with van der Waals surface area (Å²) in [6.07, 6.45) is 3.31. The lowest BCUT2D eigenvalue weighted by molar-refractivity contribution is -0.149. The largest absolute Gasteiger partial charge is 0.454 e. The van der Waals surface area contributed by atoms with Crippen LogP contribution >= 0.6 is 0 Å². The number of nitrogens with one attached hydrogen (secondary N) is 1. The number of hydrogen-bond acceptors (Lipinski definition) is 6. The highest BCUT2D eigenvalue weighted by atomic mass is 16.5. The zero-order chi connectivity index (χ0) is 11.4. The summed E-state index contributed by atoms with van der Waals surface area (Å²) in [5, 5.41) is 12.9. The van der Waals surface area contributed by atoms with E-state index < -0.39 is 5.97 Å². The Labute approximate surface area is 91.0 Å². The molecule has 1 aromatic rings. The molecule has 1 aliphatic rings. The molecule has 1 aromatic heterocycles. The van der Waals surface area contributed by atoms with Crippen molar-refractivity contribution < 1.29 is 14.3 Å². The summed E-state index contributed by atoms with van der Waals surface area (Å²) in [6, 6.07) is 0.269. The van der Waals surface area contributed by atoms with Gasteiger partial charge in [0, 0.05) is 6.04 Å². The molecule has 0 radical (unpaired) electrons. The number of aromatic nitrogens is 4. The van der Waals surface area contributed by atoms with E-state index in [0.717, 1.165) is 12.8 Å². The van der Waals surface area contributed by atoms with Crippen molar-refractivity contribution >= 4 is 11.9 Å². The maximum absolute atomic E-state index is 11.2. The lowest BCUT2D eigenvalue weighted by Crippen LogP contribution is -2.31. The molecule has 1 fully saturated rings. The fraction of sp³-hybridized carbons (Fsp3) is 0.625. The molecule has 0 aliphatic heterocycles. The van der Waals surface area contributed by atoms with E-state index in [0.29, 0.717) is 0 Å². The van der Waals surface area contributed by atoms with E-state index in [2.05, 4.69) is 20.8 Å². The van der Waals surface area contributed by atoms with Crippen LogP contribution in [0.2, 0.25) is 0 Å². The number of ether oxygens (including phenoxy) is 1. The summed E-state index contributed by atoms with van der Waals surface area (Å²) in [7, 11) is 0. The van der Waals surface area contributed by atoms with Gasteiger partial charge in [-0.2, -0.15) is 0 Å². The number of esters is 1. The molecule has 0 atom stereocenters. The van der Waals surface area contributed by atoms with Crippen LogP contribution in [0.5, 0.6) is 0 Å². The number of carbonyl (C=O) groups is 2. The Hall–Kier alpha value is -1.99. The van der Waals surface area contributed by atoms with E-state index in [-0.39, 0.29) is 25.1 Å². The summed E-state index contributed by atoms with van der Waals surface area (Å²) in [5.41, 5.74) is 0. The van der Waals surface area contributed by atoms with Crippen LogP contribution in [0.4, 0.5) is 0 Å². The van der Waals surface area contributed by atoms with E-state index in [1.54, 1.807) is 0 Å². The predicted octanol–water partition coefficient (Wildman–Crippen LogP) is -1.51. The molecule has 0 saturated heterocycles. The minimum atomic E-state index is -0.543. The molecule has 1 amide bonds. The fourth-order valence-electron chi connectivity index (χ4n) is 1.07. The molecule has 1 N–H and O–H groups in total. The zero-order valence-corrected chi connectivity index (χ0v) is 8.50. The van der Waals surface area contributed by atoms with Crippen molar-refractivity contribution in [3.05, 3.63) is 6.33 Å². The van der Waals surface area contributed by atoms with E-state index in [1.807, 2.05) is 0 Å². The first-order valence-electron chi connectivity index (χ1n) is 4.90. The molecule has 1 heterocycles. The SMILES string of the molecule is O=C(COC(=O)Cn1cnnn1)NC1CC1. The normalized spacial score (nSPS) is 14.5.